The lowest BCUT2D eigenvalue weighted by Crippen LogP contribution is -2.20. The maximum atomic E-state index is 5.97. The minimum absolute atomic E-state index is 0.152. The van der Waals surface area contributed by atoms with Gasteiger partial charge in [0.15, 0.2) is 0 Å². The molecule has 0 saturated carbocycles. The Morgan fingerprint density at radius 2 is 1.82 bits per heavy atom. The number of hydrogen-bond donors (Lipinski definition) is 1. The van der Waals surface area contributed by atoms with Crippen molar-refractivity contribution < 1.29 is 14.2 Å². The van der Waals surface area contributed by atoms with Crippen LogP contribution in [-0.4, -0.2) is 49.8 Å². The first kappa shape index (κ1) is 13.8. The fourth-order valence-corrected chi connectivity index (χ4v) is 1.34. The zero-order valence-electron chi connectivity index (χ0n) is 10.1. The summed E-state index contributed by atoms with van der Waals surface area (Å²) in [6, 6.07) is 1.60. The van der Waals surface area contributed by atoms with Crippen molar-refractivity contribution in [1.29, 1.82) is 0 Å². The second-order valence-corrected chi connectivity index (χ2v) is 3.83. The second kappa shape index (κ2) is 7.13. The van der Waals surface area contributed by atoms with Gasteiger partial charge in [-0.1, -0.05) is 0 Å². The van der Waals surface area contributed by atoms with Gasteiger partial charge < -0.3 is 19.5 Å². The molecule has 0 aliphatic heterocycles. The molecule has 0 aliphatic rings. The van der Waals surface area contributed by atoms with Gasteiger partial charge in [-0.15, -0.1) is 11.6 Å². The molecule has 0 radical (unpaired) electrons. The number of anilines is 1. The number of hydrogen-bond acceptors (Lipinski definition) is 6. The first-order chi connectivity index (χ1) is 8.19. The largest absolute Gasteiger partial charge is 0.481 e. The third-order valence-corrected chi connectivity index (χ3v) is 2.21. The minimum Gasteiger partial charge on any atom is -0.481 e. The molecule has 7 heteroatoms. The number of methoxy groups -OCH3 is 3. The minimum atomic E-state index is -0.152. The van der Waals surface area contributed by atoms with Gasteiger partial charge in [-0.05, 0) is 0 Å². The van der Waals surface area contributed by atoms with Crippen LogP contribution in [-0.2, 0) is 4.74 Å². The predicted molar refractivity (Wildman–Crippen MR) is 65.1 cm³/mol. The molecule has 0 bridgehead atoms. The Bertz CT molecular complexity index is 329. The van der Waals surface area contributed by atoms with Gasteiger partial charge in [0, 0.05) is 13.7 Å². The second-order valence-electron chi connectivity index (χ2n) is 3.21. The normalized spacial score (nSPS) is 12.0. The van der Waals surface area contributed by atoms with Crippen LogP contribution in [0.5, 0.6) is 11.8 Å². The van der Waals surface area contributed by atoms with E-state index in [0.29, 0.717) is 30.9 Å². The number of halogens is 1. The Morgan fingerprint density at radius 3 is 2.29 bits per heavy atom. The van der Waals surface area contributed by atoms with Crippen LogP contribution in [0.15, 0.2) is 6.07 Å². The third-order valence-electron chi connectivity index (χ3n) is 1.93. The van der Waals surface area contributed by atoms with Gasteiger partial charge in [-0.3, -0.25) is 0 Å². The summed E-state index contributed by atoms with van der Waals surface area (Å²) in [6.45, 7) is 0.946. The van der Waals surface area contributed by atoms with Gasteiger partial charge in [0.1, 0.15) is 0 Å². The van der Waals surface area contributed by atoms with Crippen molar-refractivity contribution >= 4 is 17.5 Å². The van der Waals surface area contributed by atoms with E-state index in [1.165, 1.54) is 14.2 Å². The molecular formula is C10H16ClN3O3. The quantitative estimate of drug-likeness (QED) is 0.743. The molecule has 0 fully saturated rings. The fraction of sp³-hybridized carbons (Fsp3) is 0.600. The topological polar surface area (TPSA) is 65.5 Å². The van der Waals surface area contributed by atoms with Gasteiger partial charge in [-0.25, -0.2) is 0 Å². The summed E-state index contributed by atoms with van der Waals surface area (Å²) in [6.07, 6.45) is 0. The summed E-state index contributed by atoms with van der Waals surface area (Å²) in [5.41, 5.74) is 0. The monoisotopic (exact) mass is 261 g/mol. The molecule has 1 aromatic heterocycles. The van der Waals surface area contributed by atoms with Crippen LogP contribution in [0.3, 0.4) is 0 Å². The van der Waals surface area contributed by atoms with Crippen molar-refractivity contribution in [3.05, 3.63) is 6.07 Å². The molecule has 0 spiro atoms. The molecule has 1 atom stereocenters. The van der Waals surface area contributed by atoms with Crippen molar-refractivity contribution in [3.63, 3.8) is 0 Å². The molecule has 0 amide bonds. The molecule has 0 aromatic carbocycles. The van der Waals surface area contributed by atoms with Crippen LogP contribution in [0.25, 0.3) is 0 Å². The van der Waals surface area contributed by atoms with Crippen LogP contribution in [0.2, 0.25) is 0 Å². The van der Waals surface area contributed by atoms with E-state index in [9.17, 15) is 0 Å². The van der Waals surface area contributed by atoms with E-state index in [2.05, 4.69) is 15.3 Å². The molecule has 1 N–H and O–H groups in total. The van der Waals surface area contributed by atoms with Gasteiger partial charge in [0.05, 0.1) is 32.3 Å². The van der Waals surface area contributed by atoms with Crippen LogP contribution in [0.4, 0.5) is 5.95 Å². The lowest BCUT2D eigenvalue weighted by atomic mass is 10.4. The van der Waals surface area contributed by atoms with Crippen molar-refractivity contribution in [2.45, 2.75) is 5.38 Å². The van der Waals surface area contributed by atoms with E-state index in [4.69, 9.17) is 25.8 Å². The van der Waals surface area contributed by atoms with Crippen LogP contribution in [0, 0.1) is 0 Å². The summed E-state index contributed by atoms with van der Waals surface area (Å²) in [5, 5.41) is 2.83. The third kappa shape index (κ3) is 4.62. The molecule has 1 rings (SSSR count). The van der Waals surface area contributed by atoms with Crippen LogP contribution < -0.4 is 14.8 Å². The molecule has 1 heterocycles. The summed E-state index contributed by atoms with van der Waals surface area (Å²) in [5.74, 6) is 1.26. The Morgan fingerprint density at radius 1 is 1.24 bits per heavy atom. The Balaban J connectivity index is 2.63. The predicted octanol–water partition coefficient (Wildman–Crippen LogP) is 1.16. The number of alkyl halides is 1. The Kier molecular flexibility index (Phi) is 5.79. The lowest BCUT2D eigenvalue weighted by molar-refractivity contribution is 0.200. The first-order valence-corrected chi connectivity index (χ1v) is 5.47. The Labute approximate surface area is 105 Å². The van der Waals surface area contributed by atoms with Crippen LogP contribution in [0.1, 0.15) is 0 Å². The maximum absolute atomic E-state index is 5.97. The number of nitrogens with zero attached hydrogens (tertiary/aromatic N) is 2. The smallest absolute Gasteiger partial charge is 0.229 e. The highest BCUT2D eigenvalue weighted by Gasteiger charge is 2.08. The van der Waals surface area contributed by atoms with Crippen molar-refractivity contribution in [2.75, 3.05) is 39.8 Å². The molecular weight excluding hydrogens is 246 g/mol. The van der Waals surface area contributed by atoms with Gasteiger partial charge in [0.25, 0.3) is 0 Å². The lowest BCUT2D eigenvalue weighted by Gasteiger charge is -2.11. The van der Waals surface area contributed by atoms with E-state index >= 15 is 0 Å². The van der Waals surface area contributed by atoms with Gasteiger partial charge in [0.2, 0.25) is 17.7 Å². The van der Waals surface area contributed by atoms with Gasteiger partial charge in [-0.2, -0.15) is 9.97 Å². The standard InChI is InChI=1S/C10H16ClN3O3/c1-15-6-7(11)5-12-10-13-8(16-2)4-9(14-10)17-3/h4,7H,5-6H2,1-3H3,(H,12,13,14). The SMILES string of the molecule is COCC(Cl)CNc1nc(OC)cc(OC)n1. The van der Waals surface area contributed by atoms with Gasteiger partial charge >= 0.3 is 0 Å². The van der Waals surface area contributed by atoms with Crippen molar-refractivity contribution in [1.82, 2.24) is 9.97 Å². The molecule has 0 saturated heterocycles. The molecule has 6 nitrogen and oxygen atoms in total. The average Bonchev–Trinajstić information content (AvgIpc) is 2.36. The number of ether oxygens (including phenoxy) is 3. The highest BCUT2D eigenvalue weighted by molar-refractivity contribution is 6.21. The molecule has 1 aromatic rings. The summed E-state index contributed by atoms with van der Waals surface area (Å²) in [7, 11) is 4.65. The van der Waals surface area contributed by atoms with E-state index in [-0.39, 0.29) is 5.38 Å². The van der Waals surface area contributed by atoms with E-state index < -0.39 is 0 Å². The van der Waals surface area contributed by atoms with Crippen molar-refractivity contribution in [3.8, 4) is 11.8 Å². The zero-order chi connectivity index (χ0) is 12.7. The highest BCUT2D eigenvalue weighted by Crippen LogP contribution is 2.17. The first-order valence-electron chi connectivity index (χ1n) is 5.03. The zero-order valence-corrected chi connectivity index (χ0v) is 10.8. The summed E-state index contributed by atoms with van der Waals surface area (Å²) < 4.78 is 15.0. The number of aromatic nitrogens is 2. The Hall–Kier alpha value is -1.27. The van der Waals surface area contributed by atoms with E-state index in [1.807, 2.05) is 0 Å². The average molecular weight is 262 g/mol. The van der Waals surface area contributed by atoms with Crippen molar-refractivity contribution in [2.24, 2.45) is 0 Å². The van der Waals surface area contributed by atoms with Crippen LogP contribution >= 0.6 is 11.6 Å². The molecule has 1 unspecified atom stereocenters. The molecule has 96 valence electrons. The summed E-state index contributed by atoms with van der Waals surface area (Å²) in [4.78, 5) is 8.22. The molecule has 17 heavy (non-hydrogen) atoms. The summed E-state index contributed by atoms with van der Waals surface area (Å²) >= 11 is 5.97. The highest BCUT2D eigenvalue weighted by atomic mass is 35.5. The fourth-order valence-electron chi connectivity index (χ4n) is 1.13. The number of nitrogens with one attached hydrogen (secondary N) is 1. The van der Waals surface area contributed by atoms with E-state index in [1.54, 1.807) is 13.2 Å². The number of rotatable bonds is 7. The van der Waals surface area contributed by atoms with E-state index in [0.717, 1.165) is 0 Å². The maximum Gasteiger partial charge on any atom is 0.229 e. The molecule has 0 aliphatic carbocycles.